The van der Waals surface area contributed by atoms with Gasteiger partial charge in [-0.1, -0.05) is 0 Å². The largest absolute Gasteiger partial charge is 0.417 e. The minimum Gasteiger partial charge on any atom is -0.394 e. The van der Waals surface area contributed by atoms with E-state index in [1.54, 1.807) is 0 Å². The lowest BCUT2D eigenvalue weighted by Gasteiger charge is -2.30. The van der Waals surface area contributed by atoms with Gasteiger partial charge in [-0.25, -0.2) is 0 Å². The monoisotopic (exact) mass is 290 g/mol. The van der Waals surface area contributed by atoms with Crippen molar-refractivity contribution in [2.45, 2.75) is 11.7 Å². The molecule has 1 rings (SSSR count). The Kier molecular flexibility index (Phi) is 4.94. The Labute approximate surface area is 112 Å². The number of benzene rings is 1. The molecule has 0 saturated carbocycles. The molecule has 110 valence electrons. The summed E-state index contributed by atoms with van der Waals surface area (Å²) in [5.74, 6) is 0. The third-order valence-electron chi connectivity index (χ3n) is 2.76. The standard InChI is InChI=1S/C12H13F3N2O3/c13-12(14,15)10-3-9(2-1-8(10)4-16)17-11(5-18,6-19)7-20/h1-3,17-20H,5-7H2. The van der Waals surface area contributed by atoms with Crippen molar-refractivity contribution in [1.82, 2.24) is 0 Å². The number of hydrogen-bond donors (Lipinski definition) is 4. The van der Waals surface area contributed by atoms with Crippen LogP contribution in [-0.4, -0.2) is 40.7 Å². The van der Waals surface area contributed by atoms with Crippen molar-refractivity contribution in [3.8, 4) is 6.07 Å². The molecule has 0 atom stereocenters. The Bertz CT molecular complexity index is 499. The van der Waals surface area contributed by atoms with Crippen LogP contribution in [0.15, 0.2) is 18.2 Å². The smallest absolute Gasteiger partial charge is 0.394 e. The average Bonchev–Trinajstić information content (AvgIpc) is 2.44. The zero-order valence-electron chi connectivity index (χ0n) is 10.3. The van der Waals surface area contributed by atoms with Gasteiger partial charge < -0.3 is 20.6 Å². The lowest BCUT2D eigenvalue weighted by atomic mass is 10.0. The van der Waals surface area contributed by atoms with Gasteiger partial charge in [-0.15, -0.1) is 0 Å². The molecule has 20 heavy (non-hydrogen) atoms. The highest BCUT2D eigenvalue weighted by molar-refractivity contribution is 5.54. The fraction of sp³-hybridized carbons (Fsp3) is 0.417. The molecule has 0 radical (unpaired) electrons. The Balaban J connectivity index is 3.20. The summed E-state index contributed by atoms with van der Waals surface area (Å²) in [6.07, 6.45) is -4.71. The molecule has 0 bridgehead atoms. The van der Waals surface area contributed by atoms with Crippen molar-refractivity contribution < 1.29 is 28.5 Å². The molecular weight excluding hydrogens is 277 g/mol. The number of aliphatic hydroxyl groups is 3. The molecule has 0 aromatic heterocycles. The molecule has 0 aliphatic heterocycles. The highest BCUT2D eigenvalue weighted by Gasteiger charge is 2.35. The zero-order chi connectivity index (χ0) is 15.4. The van der Waals surface area contributed by atoms with Crippen LogP contribution < -0.4 is 5.32 Å². The number of nitrogens with zero attached hydrogens (tertiary/aromatic N) is 1. The van der Waals surface area contributed by atoms with Gasteiger partial charge in [0.25, 0.3) is 0 Å². The van der Waals surface area contributed by atoms with Crippen LogP contribution in [0.4, 0.5) is 18.9 Å². The van der Waals surface area contributed by atoms with Crippen LogP contribution in [0.1, 0.15) is 11.1 Å². The predicted molar refractivity (Wildman–Crippen MR) is 63.8 cm³/mol. The number of hydrogen-bond acceptors (Lipinski definition) is 5. The number of rotatable bonds is 5. The van der Waals surface area contributed by atoms with Crippen LogP contribution in [0.3, 0.4) is 0 Å². The molecule has 0 fully saturated rings. The van der Waals surface area contributed by atoms with Crippen molar-refractivity contribution in [2.75, 3.05) is 25.1 Å². The molecule has 0 aliphatic carbocycles. The van der Waals surface area contributed by atoms with Gasteiger partial charge in [0.05, 0.1) is 37.0 Å². The molecule has 8 heteroatoms. The minimum atomic E-state index is -4.71. The second-order valence-electron chi connectivity index (χ2n) is 4.25. The number of nitrogens with one attached hydrogen (secondary N) is 1. The van der Waals surface area contributed by atoms with Gasteiger partial charge in [0, 0.05) is 5.69 Å². The summed E-state index contributed by atoms with van der Waals surface area (Å²) >= 11 is 0. The van der Waals surface area contributed by atoms with Crippen LogP contribution in [0.25, 0.3) is 0 Å². The number of halogens is 3. The van der Waals surface area contributed by atoms with Crippen molar-refractivity contribution in [3.63, 3.8) is 0 Å². The van der Waals surface area contributed by atoms with Crippen LogP contribution in [0.2, 0.25) is 0 Å². The molecule has 1 aromatic carbocycles. The maximum Gasteiger partial charge on any atom is 0.417 e. The normalized spacial score (nSPS) is 12.1. The fourth-order valence-electron chi connectivity index (χ4n) is 1.53. The maximum absolute atomic E-state index is 12.8. The minimum absolute atomic E-state index is 0.0755. The third-order valence-corrected chi connectivity index (χ3v) is 2.76. The SMILES string of the molecule is N#Cc1ccc(NC(CO)(CO)CO)cc1C(F)(F)F. The van der Waals surface area contributed by atoms with E-state index < -0.39 is 42.7 Å². The van der Waals surface area contributed by atoms with Crippen molar-refractivity contribution in [1.29, 1.82) is 5.26 Å². The number of anilines is 1. The highest BCUT2D eigenvalue weighted by Crippen LogP contribution is 2.34. The fourth-order valence-corrected chi connectivity index (χ4v) is 1.53. The van der Waals surface area contributed by atoms with E-state index in [2.05, 4.69) is 5.32 Å². The maximum atomic E-state index is 12.8. The predicted octanol–water partition coefficient (Wildman–Crippen LogP) is 0.705. The van der Waals surface area contributed by atoms with E-state index in [0.29, 0.717) is 6.07 Å². The molecule has 0 spiro atoms. The van der Waals surface area contributed by atoms with Gasteiger partial charge in [0.2, 0.25) is 0 Å². The quantitative estimate of drug-likeness (QED) is 0.640. The first-order valence-electron chi connectivity index (χ1n) is 5.54. The first-order chi connectivity index (χ1) is 9.31. The van der Waals surface area contributed by atoms with Crippen LogP contribution in [-0.2, 0) is 6.18 Å². The molecule has 1 aromatic rings. The first kappa shape index (κ1) is 16.2. The highest BCUT2D eigenvalue weighted by atomic mass is 19.4. The summed E-state index contributed by atoms with van der Waals surface area (Å²) in [5, 5.41) is 38.4. The Morgan fingerprint density at radius 2 is 1.65 bits per heavy atom. The van der Waals surface area contributed by atoms with E-state index in [1.165, 1.54) is 12.1 Å². The van der Waals surface area contributed by atoms with E-state index in [4.69, 9.17) is 20.6 Å². The summed E-state index contributed by atoms with van der Waals surface area (Å²) in [4.78, 5) is 0. The molecule has 4 N–H and O–H groups in total. The zero-order valence-corrected chi connectivity index (χ0v) is 10.3. The lowest BCUT2D eigenvalue weighted by Crippen LogP contribution is -2.49. The molecule has 0 amide bonds. The summed E-state index contributed by atoms with van der Waals surface area (Å²) in [6, 6.07) is 4.30. The summed E-state index contributed by atoms with van der Waals surface area (Å²) in [7, 11) is 0. The second kappa shape index (κ2) is 6.09. The number of alkyl halides is 3. The number of nitriles is 1. The van der Waals surface area contributed by atoms with Crippen LogP contribution >= 0.6 is 0 Å². The van der Waals surface area contributed by atoms with Gasteiger partial charge in [-0.05, 0) is 18.2 Å². The number of aliphatic hydroxyl groups excluding tert-OH is 3. The van der Waals surface area contributed by atoms with Gasteiger partial charge in [-0.2, -0.15) is 18.4 Å². The Hall–Kier alpha value is -1.82. The molecule has 0 aliphatic rings. The Morgan fingerprint density at radius 1 is 1.10 bits per heavy atom. The average molecular weight is 290 g/mol. The molecule has 0 unspecified atom stereocenters. The van der Waals surface area contributed by atoms with E-state index in [9.17, 15) is 13.2 Å². The van der Waals surface area contributed by atoms with Gasteiger partial charge in [0.1, 0.15) is 5.54 Å². The van der Waals surface area contributed by atoms with Gasteiger partial charge in [-0.3, -0.25) is 0 Å². The van der Waals surface area contributed by atoms with Crippen molar-refractivity contribution in [3.05, 3.63) is 29.3 Å². The topological polar surface area (TPSA) is 96.5 Å². The third kappa shape index (κ3) is 3.39. The second-order valence-corrected chi connectivity index (χ2v) is 4.25. The molecule has 0 saturated heterocycles. The lowest BCUT2D eigenvalue weighted by molar-refractivity contribution is -0.137. The van der Waals surface area contributed by atoms with E-state index in [0.717, 1.165) is 6.07 Å². The first-order valence-corrected chi connectivity index (χ1v) is 5.54. The molecule has 5 nitrogen and oxygen atoms in total. The molecule has 0 heterocycles. The van der Waals surface area contributed by atoms with Crippen LogP contribution in [0, 0.1) is 11.3 Å². The Morgan fingerprint density at radius 3 is 2.05 bits per heavy atom. The molecular formula is C12H13F3N2O3. The van der Waals surface area contributed by atoms with Crippen LogP contribution in [0.5, 0.6) is 0 Å². The summed E-state index contributed by atoms with van der Waals surface area (Å²) in [5.41, 5.74) is -3.29. The van der Waals surface area contributed by atoms with E-state index >= 15 is 0 Å². The van der Waals surface area contributed by atoms with Gasteiger partial charge in [0.15, 0.2) is 0 Å². The van der Waals surface area contributed by atoms with E-state index in [-0.39, 0.29) is 5.69 Å². The summed E-state index contributed by atoms with van der Waals surface area (Å²) in [6.45, 7) is -2.04. The summed E-state index contributed by atoms with van der Waals surface area (Å²) < 4.78 is 38.3. The van der Waals surface area contributed by atoms with Crippen molar-refractivity contribution in [2.24, 2.45) is 0 Å². The van der Waals surface area contributed by atoms with Gasteiger partial charge >= 0.3 is 6.18 Å². The van der Waals surface area contributed by atoms with Crippen molar-refractivity contribution >= 4 is 5.69 Å². The van der Waals surface area contributed by atoms with E-state index in [1.807, 2.05) is 0 Å².